The number of nitrogens with one attached hydrogen (secondary N) is 1. The van der Waals surface area contributed by atoms with Crippen molar-refractivity contribution in [3.8, 4) is 0 Å². The number of imide groups is 2. The molecule has 0 radical (unpaired) electrons. The predicted octanol–water partition coefficient (Wildman–Crippen LogP) is 2.42. The number of benzene rings is 1. The van der Waals surface area contributed by atoms with Crippen LogP contribution in [0, 0.1) is 0 Å². The van der Waals surface area contributed by atoms with Crippen LogP contribution in [0.1, 0.15) is 13.8 Å². The standard InChI is InChI=1S/C15H15Cl2N3O5/c1-8(2)25-13(22)6-18-14(23)19-7-12(21)20(15(19)24)11-4-9(16)3-10(17)5-11/h3-5,8H,6-7H2,1-2H3,(H,18,23). The fourth-order valence-electron chi connectivity index (χ4n) is 2.13. The second-order valence-corrected chi connectivity index (χ2v) is 6.30. The van der Waals surface area contributed by atoms with Gasteiger partial charge in [-0.15, -0.1) is 0 Å². The van der Waals surface area contributed by atoms with Gasteiger partial charge in [0.05, 0.1) is 11.8 Å². The number of ether oxygens (including phenoxy) is 1. The van der Waals surface area contributed by atoms with Crippen molar-refractivity contribution >= 4 is 52.8 Å². The average Bonchev–Trinajstić information content (AvgIpc) is 2.78. The molecule has 5 amide bonds. The molecule has 0 spiro atoms. The van der Waals surface area contributed by atoms with Gasteiger partial charge in [0.25, 0.3) is 5.91 Å². The van der Waals surface area contributed by atoms with E-state index in [4.69, 9.17) is 27.9 Å². The molecule has 0 bridgehead atoms. The van der Waals surface area contributed by atoms with Crippen molar-refractivity contribution in [1.29, 1.82) is 0 Å². The number of nitrogens with zero attached hydrogens (tertiary/aromatic N) is 2. The van der Waals surface area contributed by atoms with E-state index >= 15 is 0 Å². The molecule has 1 aromatic carbocycles. The van der Waals surface area contributed by atoms with Crippen molar-refractivity contribution in [2.24, 2.45) is 0 Å². The van der Waals surface area contributed by atoms with E-state index in [1.165, 1.54) is 18.2 Å². The summed E-state index contributed by atoms with van der Waals surface area (Å²) in [5.74, 6) is -1.27. The van der Waals surface area contributed by atoms with Crippen LogP contribution in [0.3, 0.4) is 0 Å². The normalized spacial score (nSPS) is 14.3. The van der Waals surface area contributed by atoms with Crippen LogP contribution in [0.25, 0.3) is 0 Å². The van der Waals surface area contributed by atoms with Gasteiger partial charge >= 0.3 is 18.0 Å². The Morgan fingerprint density at radius 2 is 1.80 bits per heavy atom. The smallest absolute Gasteiger partial charge is 0.340 e. The third kappa shape index (κ3) is 4.61. The molecule has 0 aliphatic carbocycles. The topological polar surface area (TPSA) is 96.0 Å². The molecule has 0 atom stereocenters. The lowest BCUT2D eigenvalue weighted by molar-refractivity contribution is -0.146. The number of urea groups is 2. The minimum atomic E-state index is -0.880. The Morgan fingerprint density at radius 3 is 2.36 bits per heavy atom. The van der Waals surface area contributed by atoms with Gasteiger partial charge < -0.3 is 10.1 Å². The van der Waals surface area contributed by atoms with Crippen molar-refractivity contribution in [1.82, 2.24) is 10.2 Å². The lowest BCUT2D eigenvalue weighted by Gasteiger charge is -2.17. The molecule has 0 saturated carbocycles. The van der Waals surface area contributed by atoms with E-state index in [-0.39, 0.29) is 21.8 Å². The second-order valence-electron chi connectivity index (χ2n) is 5.42. The number of hydrogen-bond donors (Lipinski definition) is 1. The molecule has 1 N–H and O–H groups in total. The monoisotopic (exact) mass is 387 g/mol. The minimum Gasteiger partial charge on any atom is -0.462 e. The molecular formula is C15H15Cl2N3O5. The van der Waals surface area contributed by atoms with Crippen molar-refractivity contribution in [2.45, 2.75) is 20.0 Å². The van der Waals surface area contributed by atoms with Gasteiger partial charge in [-0.1, -0.05) is 23.2 Å². The lowest BCUT2D eigenvalue weighted by Crippen LogP contribution is -2.44. The lowest BCUT2D eigenvalue weighted by atomic mass is 10.3. The largest absolute Gasteiger partial charge is 0.462 e. The first kappa shape index (κ1) is 19.0. The van der Waals surface area contributed by atoms with E-state index in [1.54, 1.807) is 13.8 Å². The Morgan fingerprint density at radius 1 is 1.20 bits per heavy atom. The zero-order chi connectivity index (χ0) is 18.7. The van der Waals surface area contributed by atoms with Gasteiger partial charge in [-0.25, -0.2) is 19.4 Å². The minimum absolute atomic E-state index is 0.155. The van der Waals surface area contributed by atoms with Gasteiger partial charge in [0.2, 0.25) is 0 Å². The van der Waals surface area contributed by atoms with E-state index in [2.05, 4.69) is 5.32 Å². The molecule has 1 aromatic rings. The Labute approximate surface area is 153 Å². The SMILES string of the molecule is CC(C)OC(=O)CNC(=O)N1CC(=O)N(c2cc(Cl)cc(Cl)c2)C1=O. The van der Waals surface area contributed by atoms with Crippen LogP contribution in [0.5, 0.6) is 0 Å². The van der Waals surface area contributed by atoms with E-state index in [0.717, 1.165) is 4.90 Å². The highest BCUT2D eigenvalue weighted by Crippen LogP contribution is 2.28. The maximum Gasteiger partial charge on any atom is 0.340 e. The number of carbonyl (C=O) groups is 4. The second kappa shape index (κ2) is 7.71. The van der Waals surface area contributed by atoms with Crippen LogP contribution in [0.15, 0.2) is 18.2 Å². The number of hydrogen-bond acceptors (Lipinski definition) is 5. The van der Waals surface area contributed by atoms with E-state index in [9.17, 15) is 19.2 Å². The highest BCUT2D eigenvalue weighted by Gasteiger charge is 2.41. The summed E-state index contributed by atoms with van der Waals surface area (Å²) in [4.78, 5) is 49.4. The van der Waals surface area contributed by atoms with Crippen LogP contribution in [0.4, 0.5) is 15.3 Å². The zero-order valence-corrected chi connectivity index (χ0v) is 14.9. The maximum atomic E-state index is 12.4. The number of carbonyl (C=O) groups excluding carboxylic acids is 4. The molecule has 1 aliphatic heterocycles. The third-order valence-electron chi connectivity index (χ3n) is 3.07. The number of rotatable bonds is 4. The molecule has 0 aromatic heterocycles. The molecule has 134 valence electrons. The highest BCUT2D eigenvalue weighted by atomic mass is 35.5. The molecule has 1 fully saturated rings. The summed E-state index contributed by atoms with van der Waals surface area (Å²) in [6.07, 6.45) is -0.331. The summed E-state index contributed by atoms with van der Waals surface area (Å²) in [6, 6.07) is 2.46. The molecule has 8 nitrogen and oxygen atoms in total. The summed E-state index contributed by atoms with van der Waals surface area (Å²) in [7, 11) is 0. The number of amides is 5. The first-order valence-electron chi connectivity index (χ1n) is 7.27. The van der Waals surface area contributed by atoms with Gasteiger partial charge in [-0.3, -0.25) is 9.59 Å². The van der Waals surface area contributed by atoms with Crippen LogP contribution < -0.4 is 10.2 Å². The number of anilines is 1. The van der Waals surface area contributed by atoms with Crippen LogP contribution in [0.2, 0.25) is 10.0 Å². The molecule has 0 unspecified atom stereocenters. The molecule has 10 heteroatoms. The predicted molar refractivity (Wildman–Crippen MR) is 90.7 cm³/mol. The number of halogens is 2. The van der Waals surface area contributed by atoms with Crippen LogP contribution >= 0.6 is 23.2 Å². The summed E-state index contributed by atoms with van der Waals surface area (Å²) in [5.41, 5.74) is 0.155. The Balaban J connectivity index is 2.07. The van der Waals surface area contributed by atoms with Crippen molar-refractivity contribution < 1.29 is 23.9 Å². The molecule has 25 heavy (non-hydrogen) atoms. The Kier molecular flexibility index (Phi) is 5.86. The fraction of sp³-hybridized carbons (Fsp3) is 0.333. The molecule has 1 heterocycles. The van der Waals surface area contributed by atoms with Crippen molar-refractivity contribution in [3.63, 3.8) is 0 Å². The van der Waals surface area contributed by atoms with Gasteiger partial charge in [-0.05, 0) is 32.0 Å². The van der Waals surface area contributed by atoms with Crippen molar-refractivity contribution in [2.75, 3.05) is 18.0 Å². The fourth-order valence-corrected chi connectivity index (χ4v) is 2.64. The Hall–Kier alpha value is -2.32. The van der Waals surface area contributed by atoms with Gasteiger partial charge in [0, 0.05) is 10.0 Å². The van der Waals surface area contributed by atoms with E-state index in [1.807, 2.05) is 0 Å². The highest BCUT2D eigenvalue weighted by molar-refractivity contribution is 6.35. The summed E-state index contributed by atoms with van der Waals surface area (Å²) < 4.78 is 4.86. The molecule has 1 saturated heterocycles. The maximum absolute atomic E-state index is 12.4. The molecule has 2 rings (SSSR count). The van der Waals surface area contributed by atoms with Crippen LogP contribution in [-0.4, -0.2) is 48.0 Å². The molecular weight excluding hydrogens is 373 g/mol. The van der Waals surface area contributed by atoms with Crippen molar-refractivity contribution in [3.05, 3.63) is 28.2 Å². The average molecular weight is 388 g/mol. The Bertz CT molecular complexity index is 718. The summed E-state index contributed by atoms with van der Waals surface area (Å²) in [6.45, 7) is 2.44. The zero-order valence-electron chi connectivity index (χ0n) is 13.4. The van der Waals surface area contributed by atoms with Gasteiger partial charge in [0.1, 0.15) is 13.1 Å². The quantitative estimate of drug-likeness (QED) is 0.631. The van der Waals surface area contributed by atoms with Gasteiger partial charge in [-0.2, -0.15) is 0 Å². The first-order chi connectivity index (χ1) is 11.7. The van der Waals surface area contributed by atoms with Gasteiger partial charge in [0.15, 0.2) is 0 Å². The first-order valence-corrected chi connectivity index (χ1v) is 8.02. The third-order valence-corrected chi connectivity index (χ3v) is 3.50. The molecule has 1 aliphatic rings. The number of esters is 1. The van der Waals surface area contributed by atoms with Crippen LogP contribution in [-0.2, 0) is 14.3 Å². The van der Waals surface area contributed by atoms with E-state index < -0.39 is 37.0 Å². The summed E-state index contributed by atoms with van der Waals surface area (Å²) in [5, 5.41) is 2.71. The summed E-state index contributed by atoms with van der Waals surface area (Å²) >= 11 is 11.7. The van der Waals surface area contributed by atoms with E-state index in [0.29, 0.717) is 4.90 Å².